The predicted octanol–water partition coefficient (Wildman–Crippen LogP) is 4.01. The molecule has 2 aliphatic carbocycles. The maximum Gasteiger partial charge on any atom is 0.284 e. The van der Waals surface area contributed by atoms with Crippen LogP contribution in [0, 0.1) is 11.8 Å². The van der Waals surface area contributed by atoms with Crippen LogP contribution < -0.4 is 5.32 Å². The Kier molecular flexibility index (Phi) is 4.12. The summed E-state index contributed by atoms with van der Waals surface area (Å²) in [5.74, 6) is 1.12. The number of nitrogens with one attached hydrogen (secondary N) is 1. The second-order valence-corrected chi connectivity index (χ2v) is 6.50. The van der Waals surface area contributed by atoms with Crippen molar-refractivity contribution in [2.75, 3.05) is 0 Å². The van der Waals surface area contributed by atoms with Gasteiger partial charge in [-0.25, -0.2) is 0 Å². The fraction of sp³-hybridized carbons (Fsp3) is 0.714. The van der Waals surface area contributed by atoms with Gasteiger partial charge in [0.1, 0.15) is 11.5 Å². The van der Waals surface area contributed by atoms with Crippen molar-refractivity contribution < 1.29 is 13.2 Å². The van der Waals surface area contributed by atoms with Crippen molar-refractivity contribution in [2.24, 2.45) is 11.8 Å². The van der Waals surface area contributed by atoms with E-state index in [-0.39, 0.29) is 5.75 Å². The van der Waals surface area contributed by atoms with Crippen molar-refractivity contribution in [3.8, 4) is 0 Å². The van der Waals surface area contributed by atoms with Gasteiger partial charge in [-0.15, -0.1) is 0 Å². The van der Waals surface area contributed by atoms with Crippen LogP contribution in [0.25, 0.3) is 0 Å². The van der Waals surface area contributed by atoms with Gasteiger partial charge in [0.05, 0.1) is 12.3 Å². The summed E-state index contributed by atoms with van der Waals surface area (Å²) in [4.78, 5) is 0. The molecule has 2 saturated carbocycles. The van der Waals surface area contributed by atoms with E-state index in [2.05, 4.69) is 5.32 Å². The standard InChI is InChI=1S/C14H19F2NOS/c15-14(16)19-8-12-6-5-11(18-12)7-17-13(9-1-2-9)10-3-4-10/h5-6,9-10,13-14,17H,1-4,7-8H2. The number of halogens is 2. The Bertz CT molecular complexity index is 403. The minimum absolute atomic E-state index is 0.242. The van der Waals surface area contributed by atoms with E-state index in [0.717, 1.165) is 24.1 Å². The van der Waals surface area contributed by atoms with Gasteiger partial charge >= 0.3 is 0 Å². The molecule has 2 fully saturated rings. The molecule has 1 N–H and O–H groups in total. The number of furan rings is 1. The number of hydrogen-bond acceptors (Lipinski definition) is 3. The summed E-state index contributed by atoms with van der Waals surface area (Å²) in [6.45, 7) is 0.719. The van der Waals surface area contributed by atoms with Crippen LogP contribution in [0.3, 0.4) is 0 Å². The largest absolute Gasteiger partial charge is 0.464 e. The molecule has 0 aliphatic heterocycles. The summed E-state index contributed by atoms with van der Waals surface area (Å²) >= 11 is 0.604. The smallest absolute Gasteiger partial charge is 0.284 e. The molecule has 0 radical (unpaired) electrons. The van der Waals surface area contributed by atoms with Crippen LogP contribution in [-0.2, 0) is 12.3 Å². The summed E-state index contributed by atoms with van der Waals surface area (Å²) in [7, 11) is 0. The zero-order valence-electron chi connectivity index (χ0n) is 10.8. The fourth-order valence-corrected chi connectivity index (χ4v) is 3.03. The Morgan fingerprint density at radius 3 is 2.37 bits per heavy atom. The highest BCUT2D eigenvalue weighted by Gasteiger charge is 2.41. The predicted molar refractivity (Wildman–Crippen MR) is 72.1 cm³/mol. The Hall–Kier alpha value is -0.550. The zero-order chi connectivity index (χ0) is 13.2. The second kappa shape index (κ2) is 5.83. The highest BCUT2D eigenvalue weighted by molar-refractivity contribution is 7.98. The van der Waals surface area contributed by atoms with Crippen LogP contribution in [-0.4, -0.2) is 11.8 Å². The van der Waals surface area contributed by atoms with Gasteiger partial charge in [0, 0.05) is 6.04 Å². The van der Waals surface area contributed by atoms with Gasteiger partial charge in [-0.3, -0.25) is 0 Å². The Morgan fingerprint density at radius 2 is 1.79 bits per heavy atom. The zero-order valence-corrected chi connectivity index (χ0v) is 11.6. The lowest BCUT2D eigenvalue weighted by Gasteiger charge is -2.16. The van der Waals surface area contributed by atoms with Crippen molar-refractivity contribution in [3.63, 3.8) is 0 Å². The molecule has 2 aliphatic rings. The van der Waals surface area contributed by atoms with Gasteiger partial charge in [0.15, 0.2) is 0 Å². The molecular weight excluding hydrogens is 268 g/mol. The van der Waals surface area contributed by atoms with E-state index in [4.69, 9.17) is 4.42 Å². The average Bonchev–Trinajstić information content (AvgIpc) is 3.28. The summed E-state index contributed by atoms with van der Waals surface area (Å²) in [5.41, 5.74) is 0. The molecular formula is C14H19F2NOS. The van der Waals surface area contributed by atoms with Crippen LogP contribution in [0.4, 0.5) is 8.78 Å². The number of hydrogen-bond donors (Lipinski definition) is 1. The van der Waals surface area contributed by atoms with Gasteiger partial charge in [-0.2, -0.15) is 8.78 Å². The first-order valence-electron chi connectivity index (χ1n) is 6.93. The fourth-order valence-electron chi connectivity index (χ4n) is 2.59. The second-order valence-electron chi connectivity index (χ2n) is 5.52. The van der Waals surface area contributed by atoms with Crippen molar-refractivity contribution >= 4 is 11.8 Å². The van der Waals surface area contributed by atoms with Gasteiger partial charge in [0.25, 0.3) is 5.76 Å². The Labute approximate surface area is 116 Å². The monoisotopic (exact) mass is 287 g/mol. The molecule has 0 amide bonds. The SMILES string of the molecule is FC(F)SCc1ccc(CNC(C2CC2)C2CC2)o1. The molecule has 1 heterocycles. The van der Waals surface area contributed by atoms with E-state index < -0.39 is 5.76 Å². The number of rotatable bonds is 8. The van der Waals surface area contributed by atoms with Crippen molar-refractivity contribution in [2.45, 2.75) is 49.8 Å². The summed E-state index contributed by atoms with van der Waals surface area (Å²) in [6, 6.07) is 4.34. The lowest BCUT2D eigenvalue weighted by Crippen LogP contribution is -2.32. The van der Waals surface area contributed by atoms with E-state index in [9.17, 15) is 8.78 Å². The van der Waals surface area contributed by atoms with Gasteiger partial charge in [-0.05, 0) is 49.7 Å². The molecule has 0 bridgehead atoms. The summed E-state index contributed by atoms with van der Waals surface area (Å²) in [6.07, 6.45) is 5.40. The van der Waals surface area contributed by atoms with E-state index in [1.54, 1.807) is 6.07 Å². The Morgan fingerprint density at radius 1 is 1.16 bits per heavy atom. The van der Waals surface area contributed by atoms with E-state index in [0.29, 0.717) is 23.6 Å². The van der Waals surface area contributed by atoms with Crippen molar-refractivity contribution in [3.05, 3.63) is 23.7 Å². The van der Waals surface area contributed by atoms with Crippen LogP contribution in [0.15, 0.2) is 16.5 Å². The minimum Gasteiger partial charge on any atom is -0.464 e. The van der Waals surface area contributed by atoms with Crippen molar-refractivity contribution in [1.29, 1.82) is 0 Å². The molecule has 106 valence electrons. The van der Waals surface area contributed by atoms with Crippen LogP contribution in [0.2, 0.25) is 0 Å². The van der Waals surface area contributed by atoms with E-state index in [1.165, 1.54) is 25.7 Å². The molecule has 5 heteroatoms. The minimum atomic E-state index is -2.33. The topological polar surface area (TPSA) is 25.2 Å². The molecule has 1 aromatic heterocycles. The van der Waals surface area contributed by atoms with Crippen LogP contribution >= 0.6 is 11.8 Å². The maximum atomic E-state index is 12.1. The van der Waals surface area contributed by atoms with Gasteiger partial charge in [-0.1, -0.05) is 11.8 Å². The molecule has 1 aromatic rings. The lowest BCUT2D eigenvalue weighted by molar-refractivity contribution is 0.251. The Balaban J connectivity index is 1.46. The summed E-state index contributed by atoms with van der Waals surface area (Å²) < 4.78 is 29.7. The van der Waals surface area contributed by atoms with Crippen LogP contribution in [0.1, 0.15) is 37.2 Å². The third kappa shape index (κ3) is 3.96. The molecule has 0 aromatic carbocycles. The summed E-state index contributed by atoms with van der Waals surface area (Å²) in [5, 5.41) is 3.59. The molecule has 19 heavy (non-hydrogen) atoms. The third-order valence-electron chi connectivity index (χ3n) is 3.84. The molecule has 2 nitrogen and oxygen atoms in total. The van der Waals surface area contributed by atoms with E-state index in [1.807, 2.05) is 6.07 Å². The highest BCUT2D eigenvalue weighted by Crippen LogP contribution is 2.44. The number of thioether (sulfide) groups is 1. The third-order valence-corrected chi connectivity index (χ3v) is 4.54. The average molecular weight is 287 g/mol. The van der Waals surface area contributed by atoms with Gasteiger partial charge in [0.2, 0.25) is 0 Å². The first-order valence-corrected chi connectivity index (χ1v) is 7.98. The molecule has 0 saturated heterocycles. The maximum absolute atomic E-state index is 12.1. The highest BCUT2D eigenvalue weighted by atomic mass is 32.2. The first kappa shape index (κ1) is 13.4. The molecule has 0 unspecified atom stereocenters. The normalized spacial score (nSPS) is 19.6. The van der Waals surface area contributed by atoms with Crippen molar-refractivity contribution in [1.82, 2.24) is 5.32 Å². The van der Waals surface area contributed by atoms with E-state index >= 15 is 0 Å². The first-order chi connectivity index (χ1) is 9.22. The van der Waals surface area contributed by atoms with Gasteiger partial charge < -0.3 is 9.73 Å². The number of alkyl halides is 2. The molecule has 0 atom stereocenters. The lowest BCUT2D eigenvalue weighted by atomic mass is 10.1. The molecule has 3 rings (SSSR count). The molecule has 0 spiro atoms. The quantitative estimate of drug-likeness (QED) is 0.782. The van der Waals surface area contributed by atoms with Crippen LogP contribution in [0.5, 0.6) is 0 Å².